The summed E-state index contributed by atoms with van der Waals surface area (Å²) in [5.41, 5.74) is 1.18. The van der Waals surface area contributed by atoms with E-state index in [1.165, 1.54) is 18.2 Å². The summed E-state index contributed by atoms with van der Waals surface area (Å²) >= 11 is 25.7. The molecule has 4 rings (SSSR count). The SMILES string of the molecule is O=C(NC1CC(F)(F)C1)c1cc(NC(=O)[C@@H]2[C@@H](c3cc(Br)cc(Br)c3)C2(Cl)Cl)ccc1Cl. The van der Waals surface area contributed by atoms with Crippen molar-refractivity contribution in [2.45, 2.75) is 35.1 Å². The highest BCUT2D eigenvalue weighted by molar-refractivity contribution is 9.11. The van der Waals surface area contributed by atoms with Gasteiger partial charge in [0.2, 0.25) is 5.91 Å². The van der Waals surface area contributed by atoms with Gasteiger partial charge in [-0.05, 0) is 42.0 Å². The molecule has 2 aliphatic carbocycles. The van der Waals surface area contributed by atoms with Crippen LogP contribution in [0.5, 0.6) is 0 Å². The van der Waals surface area contributed by atoms with Crippen molar-refractivity contribution in [3.8, 4) is 0 Å². The largest absolute Gasteiger partial charge is 0.349 e. The van der Waals surface area contributed by atoms with Crippen molar-refractivity contribution >= 4 is 84.2 Å². The molecule has 0 unspecified atom stereocenters. The molecule has 2 aliphatic rings. The molecule has 2 saturated carbocycles. The van der Waals surface area contributed by atoms with Gasteiger partial charge in [0.05, 0.1) is 16.5 Å². The van der Waals surface area contributed by atoms with Crippen molar-refractivity contribution in [3.05, 3.63) is 61.5 Å². The summed E-state index contributed by atoms with van der Waals surface area (Å²) in [7, 11) is 0. The van der Waals surface area contributed by atoms with Crippen LogP contribution >= 0.6 is 66.7 Å². The van der Waals surface area contributed by atoms with Gasteiger partial charge in [-0.3, -0.25) is 9.59 Å². The van der Waals surface area contributed by atoms with E-state index in [9.17, 15) is 18.4 Å². The first kappa shape index (κ1) is 24.2. The Kier molecular flexibility index (Phi) is 6.57. The van der Waals surface area contributed by atoms with Crippen LogP contribution in [0.1, 0.15) is 34.7 Å². The first-order valence-electron chi connectivity index (χ1n) is 9.50. The molecule has 2 aromatic carbocycles. The molecule has 2 atom stereocenters. The van der Waals surface area contributed by atoms with E-state index in [0.29, 0.717) is 5.69 Å². The zero-order valence-electron chi connectivity index (χ0n) is 16.1. The smallest absolute Gasteiger partial charge is 0.253 e. The van der Waals surface area contributed by atoms with Crippen molar-refractivity contribution < 1.29 is 18.4 Å². The van der Waals surface area contributed by atoms with E-state index in [0.717, 1.165) is 14.5 Å². The van der Waals surface area contributed by atoms with E-state index in [2.05, 4.69) is 42.5 Å². The minimum Gasteiger partial charge on any atom is -0.349 e. The van der Waals surface area contributed by atoms with Crippen LogP contribution in [0.4, 0.5) is 14.5 Å². The number of alkyl halides is 4. The molecule has 2 fully saturated rings. The van der Waals surface area contributed by atoms with Gasteiger partial charge >= 0.3 is 0 Å². The van der Waals surface area contributed by atoms with Gasteiger partial charge in [0, 0.05) is 39.4 Å². The number of amides is 2. The second-order valence-corrected chi connectivity index (χ2v) is 11.6. The quantitative estimate of drug-likeness (QED) is 0.352. The maximum Gasteiger partial charge on any atom is 0.253 e. The fraction of sp³-hybridized carbons (Fsp3) is 0.333. The minimum absolute atomic E-state index is 0.0750. The third-order valence-corrected chi connectivity index (χ3v) is 7.67. The Morgan fingerprint density at radius 3 is 2.25 bits per heavy atom. The van der Waals surface area contributed by atoms with Crippen molar-refractivity contribution in [2.75, 3.05) is 5.32 Å². The normalized spacial score (nSPS) is 23.2. The maximum atomic E-state index is 13.0. The minimum atomic E-state index is -2.75. The first-order chi connectivity index (χ1) is 14.9. The molecule has 2 N–H and O–H groups in total. The zero-order chi connectivity index (χ0) is 23.4. The fourth-order valence-corrected chi connectivity index (χ4v) is 6.21. The Bertz CT molecular complexity index is 1090. The lowest BCUT2D eigenvalue weighted by molar-refractivity contribution is -0.117. The standard InChI is InChI=1S/C21H15Br2Cl3F2N2O2/c22-10-3-9(4-11(23)5-10)16-17(21(16,25)26)19(32)29-12-1-2-15(24)14(6-12)18(31)30-13-7-20(27,28)8-13/h1-6,13,16-17H,7-8H2,(H,29,32)(H,30,31)/t16-,17+/m1/s1. The molecule has 0 aromatic heterocycles. The van der Waals surface area contributed by atoms with E-state index in [1.807, 2.05) is 18.2 Å². The van der Waals surface area contributed by atoms with Gasteiger partial charge in [0.25, 0.3) is 11.8 Å². The molecule has 2 amide bonds. The Morgan fingerprint density at radius 2 is 1.66 bits per heavy atom. The molecular weight excluding hydrogens is 616 g/mol. The lowest BCUT2D eigenvalue weighted by atomic mass is 9.88. The number of rotatable bonds is 5. The Morgan fingerprint density at radius 1 is 1.03 bits per heavy atom. The highest BCUT2D eigenvalue weighted by Gasteiger charge is 2.67. The molecule has 4 nitrogen and oxygen atoms in total. The van der Waals surface area contributed by atoms with E-state index in [4.69, 9.17) is 34.8 Å². The number of anilines is 1. The molecule has 170 valence electrons. The molecule has 0 bridgehead atoms. The van der Waals surface area contributed by atoms with Gasteiger partial charge in [0.1, 0.15) is 4.33 Å². The number of halogens is 7. The monoisotopic (exact) mass is 628 g/mol. The van der Waals surface area contributed by atoms with E-state index in [1.54, 1.807) is 0 Å². The predicted molar refractivity (Wildman–Crippen MR) is 128 cm³/mol. The molecule has 2 aromatic rings. The summed E-state index contributed by atoms with van der Waals surface area (Å²) < 4.78 is 26.4. The van der Waals surface area contributed by atoms with Gasteiger partial charge in [-0.15, -0.1) is 23.2 Å². The van der Waals surface area contributed by atoms with Gasteiger partial charge < -0.3 is 10.6 Å². The molecular formula is C21H15Br2Cl3F2N2O2. The van der Waals surface area contributed by atoms with Crippen LogP contribution in [0.15, 0.2) is 45.3 Å². The lowest BCUT2D eigenvalue weighted by Gasteiger charge is -2.35. The van der Waals surface area contributed by atoms with E-state index in [-0.39, 0.29) is 10.6 Å². The van der Waals surface area contributed by atoms with Crippen LogP contribution in [0.3, 0.4) is 0 Å². The van der Waals surface area contributed by atoms with Crippen molar-refractivity contribution in [2.24, 2.45) is 5.92 Å². The molecule has 0 aliphatic heterocycles. The molecule has 0 saturated heterocycles. The number of carbonyl (C=O) groups excluding carboxylic acids is 2. The van der Waals surface area contributed by atoms with Crippen LogP contribution in [0.2, 0.25) is 5.02 Å². The Hall–Kier alpha value is -0.930. The molecule has 0 heterocycles. The summed E-state index contributed by atoms with van der Waals surface area (Å²) in [5, 5.41) is 5.38. The van der Waals surface area contributed by atoms with Crippen LogP contribution < -0.4 is 10.6 Å². The zero-order valence-corrected chi connectivity index (χ0v) is 21.5. The summed E-state index contributed by atoms with van der Waals surface area (Å²) in [5.74, 6) is -4.88. The van der Waals surface area contributed by atoms with Crippen LogP contribution in [0, 0.1) is 5.92 Å². The maximum absolute atomic E-state index is 13.0. The summed E-state index contributed by atoms with van der Waals surface area (Å²) in [6, 6.07) is 9.31. The third kappa shape index (κ3) is 4.94. The van der Waals surface area contributed by atoms with Gasteiger partial charge in [-0.1, -0.05) is 43.5 Å². The Labute approximate surface area is 214 Å². The average molecular weight is 632 g/mol. The first-order valence-corrected chi connectivity index (χ1v) is 12.2. The molecule has 11 heteroatoms. The average Bonchev–Trinajstić information content (AvgIpc) is 3.23. The van der Waals surface area contributed by atoms with Gasteiger partial charge in [0.15, 0.2) is 0 Å². The molecule has 0 spiro atoms. The highest BCUT2D eigenvalue weighted by Crippen LogP contribution is 2.65. The van der Waals surface area contributed by atoms with Crippen molar-refractivity contribution in [1.29, 1.82) is 0 Å². The summed E-state index contributed by atoms with van der Waals surface area (Å²) in [4.78, 5) is 25.4. The van der Waals surface area contributed by atoms with Crippen LogP contribution in [-0.4, -0.2) is 28.1 Å². The van der Waals surface area contributed by atoms with Crippen LogP contribution in [-0.2, 0) is 4.79 Å². The number of hydrogen-bond donors (Lipinski definition) is 2. The van der Waals surface area contributed by atoms with Crippen molar-refractivity contribution in [3.63, 3.8) is 0 Å². The number of hydrogen-bond acceptors (Lipinski definition) is 2. The topological polar surface area (TPSA) is 58.2 Å². The van der Waals surface area contributed by atoms with Crippen molar-refractivity contribution in [1.82, 2.24) is 5.32 Å². The summed E-state index contributed by atoms with van der Waals surface area (Å²) in [6.07, 6.45) is -0.815. The van der Waals surface area contributed by atoms with E-state index >= 15 is 0 Å². The van der Waals surface area contributed by atoms with Gasteiger partial charge in [-0.2, -0.15) is 0 Å². The second-order valence-electron chi connectivity index (χ2n) is 7.95. The fourth-order valence-electron chi connectivity index (χ4n) is 3.85. The van der Waals surface area contributed by atoms with Crippen LogP contribution in [0.25, 0.3) is 0 Å². The Balaban J connectivity index is 1.46. The summed E-state index contributed by atoms with van der Waals surface area (Å²) in [6.45, 7) is 0. The third-order valence-electron chi connectivity index (χ3n) is 5.48. The number of nitrogens with one attached hydrogen (secondary N) is 2. The number of carbonyl (C=O) groups is 2. The number of benzene rings is 2. The van der Waals surface area contributed by atoms with E-state index < -0.39 is 52.8 Å². The molecule has 32 heavy (non-hydrogen) atoms. The molecule has 0 radical (unpaired) electrons. The second kappa shape index (κ2) is 8.69. The van der Waals surface area contributed by atoms with Gasteiger partial charge in [-0.25, -0.2) is 8.78 Å². The predicted octanol–water partition coefficient (Wildman–Crippen LogP) is 6.92. The lowest BCUT2D eigenvalue weighted by Crippen LogP contribution is -2.50. The highest BCUT2D eigenvalue weighted by atomic mass is 79.9.